The van der Waals surface area contributed by atoms with Crippen molar-refractivity contribution in [3.63, 3.8) is 0 Å². The number of fused-ring (bicyclic) bond motifs is 1. The highest BCUT2D eigenvalue weighted by atomic mass is 35.5. The molecular formula is C17H11ClN4O2S. The lowest BCUT2D eigenvalue weighted by Crippen LogP contribution is -2.15. The van der Waals surface area contributed by atoms with Gasteiger partial charge in [-0.1, -0.05) is 29.8 Å². The summed E-state index contributed by atoms with van der Waals surface area (Å²) in [6, 6.07) is 15.0. The van der Waals surface area contributed by atoms with E-state index in [-0.39, 0.29) is 10.0 Å². The third-order valence-corrected chi connectivity index (χ3v) is 5.62. The van der Waals surface area contributed by atoms with Gasteiger partial charge in [0.25, 0.3) is 10.0 Å². The number of rotatable bonds is 3. The monoisotopic (exact) mass is 370 g/mol. The van der Waals surface area contributed by atoms with Gasteiger partial charge in [0.1, 0.15) is 11.5 Å². The molecule has 0 spiro atoms. The van der Waals surface area contributed by atoms with Crippen LogP contribution in [0.1, 0.15) is 0 Å². The van der Waals surface area contributed by atoms with Crippen molar-refractivity contribution in [2.75, 3.05) is 0 Å². The second-order valence-electron chi connectivity index (χ2n) is 5.25. The molecule has 0 N–H and O–H groups in total. The summed E-state index contributed by atoms with van der Waals surface area (Å²) < 4.78 is 27.7. The molecule has 0 unspecified atom stereocenters. The van der Waals surface area contributed by atoms with Crippen LogP contribution in [0, 0.1) is 0 Å². The van der Waals surface area contributed by atoms with Crippen molar-refractivity contribution < 1.29 is 8.42 Å². The first kappa shape index (κ1) is 15.7. The lowest BCUT2D eigenvalue weighted by molar-refractivity contribution is 0.589. The molecule has 0 bridgehead atoms. The van der Waals surface area contributed by atoms with E-state index in [2.05, 4.69) is 15.0 Å². The van der Waals surface area contributed by atoms with Gasteiger partial charge in [-0.2, -0.15) is 0 Å². The second kappa shape index (κ2) is 5.94. The molecule has 0 fully saturated rings. The van der Waals surface area contributed by atoms with Crippen LogP contribution in [0.15, 0.2) is 72.0 Å². The Morgan fingerprint density at radius 3 is 2.48 bits per heavy atom. The van der Waals surface area contributed by atoms with Crippen molar-refractivity contribution in [3.05, 3.63) is 72.3 Å². The smallest absolute Gasteiger partial charge is 0.237 e. The van der Waals surface area contributed by atoms with Crippen molar-refractivity contribution in [2.45, 2.75) is 4.90 Å². The molecule has 0 saturated carbocycles. The minimum atomic E-state index is -3.86. The minimum Gasteiger partial charge on any atom is -0.237 e. The predicted molar refractivity (Wildman–Crippen MR) is 94.8 cm³/mol. The van der Waals surface area contributed by atoms with E-state index in [1.165, 1.54) is 16.4 Å². The highest BCUT2D eigenvalue weighted by molar-refractivity contribution is 7.90. The molecular weight excluding hydrogens is 360 g/mol. The largest absolute Gasteiger partial charge is 0.269 e. The van der Waals surface area contributed by atoms with Crippen molar-refractivity contribution in [3.8, 4) is 11.4 Å². The number of hydrogen-bond acceptors (Lipinski definition) is 5. The van der Waals surface area contributed by atoms with Gasteiger partial charge in [-0.3, -0.25) is 0 Å². The first-order valence-electron chi connectivity index (χ1n) is 7.32. The fourth-order valence-electron chi connectivity index (χ4n) is 2.60. The summed E-state index contributed by atoms with van der Waals surface area (Å²) in [4.78, 5) is 12.4. The van der Waals surface area contributed by atoms with E-state index < -0.39 is 10.0 Å². The number of pyridine rings is 1. The van der Waals surface area contributed by atoms with Gasteiger partial charge in [-0.25, -0.2) is 27.3 Å². The molecule has 0 atom stereocenters. The molecule has 0 aliphatic heterocycles. The topological polar surface area (TPSA) is 77.7 Å². The van der Waals surface area contributed by atoms with E-state index in [9.17, 15) is 8.42 Å². The van der Waals surface area contributed by atoms with Gasteiger partial charge in [0, 0.05) is 17.6 Å². The zero-order valence-corrected chi connectivity index (χ0v) is 14.3. The summed E-state index contributed by atoms with van der Waals surface area (Å²) in [6.45, 7) is 0. The fraction of sp³-hybridized carbons (Fsp3) is 0. The van der Waals surface area contributed by atoms with Crippen LogP contribution >= 0.6 is 11.6 Å². The summed E-state index contributed by atoms with van der Waals surface area (Å²) in [7, 11) is -3.86. The molecule has 1 aromatic carbocycles. The van der Waals surface area contributed by atoms with Crippen LogP contribution in [0.3, 0.4) is 0 Å². The Labute approximate surface area is 148 Å². The molecule has 0 radical (unpaired) electrons. The van der Waals surface area contributed by atoms with E-state index in [0.29, 0.717) is 22.4 Å². The molecule has 25 heavy (non-hydrogen) atoms. The van der Waals surface area contributed by atoms with Gasteiger partial charge in [-0.05, 0) is 30.3 Å². The maximum atomic E-state index is 13.2. The zero-order valence-electron chi connectivity index (χ0n) is 12.7. The zero-order chi connectivity index (χ0) is 17.4. The Hall–Kier alpha value is -2.77. The Morgan fingerprint density at radius 2 is 1.72 bits per heavy atom. The lowest BCUT2D eigenvalue weighted by atomic mass is 10.3. The number of aromatic nitrogens is 4. The first-order valence-corrected chi connectivity index (χ1v) is 9.14. The first-order chi connectivity index (χ1) is 12.1. The quantitative estimate of drug-likeness (QED) is 0.516. The van der Waals surface area contributed by atoms with Crippen LogP contribution in [0.5, 0.6) is 0 Å². The van der Waals surface area contributed by atoms with Gasteiger partial charge >= 0.3 is 0 Å². The summed E-state index contributed by atoms with van der Waals surface area (Å²) >= 11 is 5.95. The highest BCUT2D eigenvalue weighted by Gasteiger charge is 2.25. The summed E-state index contributed by atoms with van der Waals surface area (Å²) in [6.07, 6.45) is 2.85. The van der Waals surface area contributed by atoms with E-state index >= 15 is 0 Å². The summed E-state index contributed by atoms with van der Waals surface area (Å²) in [5, 5.41) is 0.915. The number of benzene rings is 1. The average Bonchev–Trinajstić information content (AvgIpc) is 3.03. The van der Waals surface area contributed by atoms with Crippen molar-refractivity contribution in [2.24, 2.45) is 0 Å². The van der Waals surface area contributed by atoms with Crippen LogP contribution in [0.2, 0.25) is 5.15 Å². The number of hydrogen-bond donors (Lipinski definition) is 0. The van der Waals surface area contributed by atoms with Gasteiger partial charge in [-0.15, -0.1) is 0 Å². The van der Waals surface area contributed by atoms with E-state index in [1.54, 1.807) is 54.7 Å². The van der Waals surface area contributed by atoms with Gasteiger partial charge < -0.3 is 0 Å². The highest BCUT2D eigenvalue weighted by Crippen LogP contribution is 2.30. The molecule has 124 valence electrons. The van der Waals surface area contributed by atoms with Crippen LogP contribution < -0.4 is 0 Å². The van der Waals surface area contributed by atoms with Gasteiger partial charge in [0.2, 0.25) is 0 Å². The molecule has 6 nitrogen and oxygen atoms in total. The molecule has 3 aromatic heterocycles. The Kier molecular flexibility index (Phi) is 3.74. The van der Waals surface area contributed by atoms with Gasteiger partial charge in [0.15, 0.2) is 5.65 Å². The molecule has 3 heterocycles. The standard InChI is InChI=1S/C17H11ClN4O2S/c18-16-10-14(20-11-21-16)15-9-12-5-4-8-19-17(12)22(15)25(23,24)13-6-2-1-3-7-13/h1-11H. The van der Waals surface area contributed by atoms with Gasteiger partial charge in [0.05, 0.1) is 16.3 Å². The van der Waals surface area contributed by atoms with Crippen molar-refractivity contribution in [1.29, 1.82) is 0 Å². The van der Waals surface area contributed by atoms with Crippen LogP contribution in [-0.2, 0) is 10.0 Å². The normalized spacial score (nSPS) is 11.7. The van der Waals surface area contributed by atoms with Crippen LogP contribution in [-0.4, -0.2) is 27.3 Å². The third-order valence-electron chi connectivity index (χ3n) is 3.70. The molecule has 0 amide bonds. The second-order valence-corrected chi connectivity index (χ2v) is 7.43. The number of nitrogens with zero attached hydrogens (tertiary/aromatic N) is 4. The Morgan fingerprint density at radius 1 is 0.920 bits per heavy atom. The predicted octanol–water partition coefficient (Wildman–Crippen LogP) is 3.38. The molecule has 4 aromatic rings. The molecule has 0 aliphatic rings. The van der Waals surface area contributed by atoms with Crippen molar-refractivity contribution >= 4 is 32.7 Å². The Balaban J connectivity index is 2.07. The molecule has 0 saturated heterocycles. The van der Waals surface area contributed by atoms with E-state index in [4.69, 9.17) is 11.6 Å². The molecule has 0 aliphatic carbocycles. The molecule has 4 rings (SSSR count). The van der Waals surface area contributed by atoms with Crippen LogP contribution in [0.25, 0.3) is 22.4 Å². The van der Waals surface area contributed by atoms with Crippen LogP contribution in [0.4, 0.5) is 0 Å². The fourth-order valence-corrected chi connectivity index (χ4v) is 4.25. The maximum Gasteiger partial charge on any atom is 0.269 e. The average molecular weight is 371 g/mol. The SMILES string of the molecule is O=S(=O)(c1ccccc1)n1c(-c2cc(Cl)ncn2)cc2cccnc21. The summed E-state index contributed by atoms with van der Waals surface area (Å²) in [5.41, 5.74) is 1.11. The minimum absolute atomic E-state index is 0.166. The number of halogens is 1. The molecule has 8 heteroatoms. The third kappa shape index (κ3) is 2.67. The summed E-state index contributed by atoms with van der Waals surface area (Å²) in [5.74, 6) is 0. The Bertz CT molecular complexity index is 1170. The maximum absolute atomic E-state index is 13.2. The lowest BCUT2D eigenvalue weighted by Gasteiger charge is -2.11. The van der Waals surface area contributed by atoms with E-state index in [1.807, 2.05) is 0 Å². The van der Waals surface area contributed by atoms with Crippen molar-refractivity contribution in [1.82, 2.24) is 18.9 Å². The van der Waals surface area contributed by atoms with E-state index in [0.717, 1.165) is 0 Å².